The quantitative estimate of drug-likeness (QED) is 0.374. The van der Waals surface area contributed by atoms with Crippen molar-refractivity contribution in [2.24, 2.45) is 0 Å². The van der Waals surface area contributed by atoms with Gasteiger partial charge in [-0.15, -0.1) is 0 Å². The van der Waals surface area contributed by atoms with E-state index >= 15 is 0 Å². The zero-order chi connectivity index (χ0) is 15.9. The highest BCUT2D eigenvalue weighted by atomic mass is 16.6. The van der Waals surface area contributed by atoms with E-state index in [4.69, 9.17) is 9.47 Å². The van der Waals surface area contributed by atoms with Gasteiger partial charge in [-0.1, -0.05) is 43.8 Å². The summed E-state index contributed by atoms with van der Waals surface area (Å²) in [6.45, 7) is 7.87. The van der Waals surface area contributed by atoms with Crippen LogP contribution in [0.2, 0.25) is 0 Å². The lowest BCUT2D eigenvalue weighted by Crippen LogP contribution is -2.23. The molecule has 1 heterocycles. The van der Waals surface area contributed by atoms with Crippen molar-refractivity contribution in [1.82, 2.24) is 0 Å². The summed E-state index contributed by atoms with van der Waals surface area (Å²) >= 11 is 0. The van der Waals surface area contributed by atoms with E-state index in [0.717, 1.165) is 0 Å². The van der Waals surface area contributed by atoms with Gasteiger partial charge in [0, 0.05) is 17.6 Å². The van der Waals surface area contributed by atoms with Gasteiger partial charge in [0.25, 0.3) is 0 Å². The summed E-state index contributed by atoms with van der Waals surface area (Å²) in [4.78, 5) is 10.7. The largest absolute Gasteiger partial charge is 0.459 e. The van der Waals surface area contributed by atoms with Crippen molar-refractivity contribution >= 4 is 5.97 Å². The molecule has 5 nitrogen and oxygen atoms in total. The zero-order valence-electron chi connectivity index (χ0n) is 12.4. The van der Waals surface area contributed by atoms with Crippen LogP contribution in [0.25, 0.3) is 0 Å². The lowest BCUT2D eigenvalue weighted by atomic mass is 10.0. The average Bonchev–Trinajstić information content (AvgIpc) is 3.30. The van der Waals surface area contributed by atoms with Crippen molar-refractivity contribution in [1.29, 1.82) is 0 Å². The van der Waals surface area contributed by atoms with Gasteiger partial charge in [0.1, 0.15) is 12.7 Å². The molecule has 0 aromatic heterocycles. The van der Waals surface area contributed by atoms with Gasteiger partial charge in [0.2, 0.25) is 0 Å². The summed E-state index contributed by atoms with van der Waals surface area (Å²) in [5.74, 6) is -2.00. The SMILES string of the molecule is C=C(C)C(=O)OCC1CO1.CCC(O)(O)c1ccccc1. The third kappa shape index (κ3) is 6.53. The number of carbonyl (C=O) groups is 1. The van der Waals surface area contributed by atoms with Gasteiger partial charge in [-0.05, 0) is 6.92 Å². The van der Waals surface area contributed by atoms with Gasteiger partial charge in [-0.2, -0.15) is 0 Å². The summed E-state index contributed by atoms with van der Waals surface area (Å²) in [6, 6.07) is 8.81. The van der Waals surface area contributed by atoms with Crippen LogP contribution in [0.3, 0.4) is 0 Å². The number of esters is 1. The molecule has 5 heteroatoms. The van der Waals surface area contributed by atoms with Gasteiger partial charge < -0.3 is 19.7 Å². The number of ether oxygens (including phenoxy) is 2. The van der Waals surface area contributed by atoms with Crippen LogP contribution in [0.1, 0.15) is 25.8 Å². The topological polar surface area (TPSA) is 79.3 Å². The van der Waals surface area contributed by atoms with Gasteiger partial charge in [0.15, 0.2) is 5.79 Å². The van der Waals surface area contributed by atoms with Crippen molar-refractivity contribution in [2.75, 3.05) is 13.2 Å². The number of carbonyl (C=O) groups excluding carboxylic acids is 1. The maximum Gasteiger partial charge on any atom is 0.333 e. The Balaban J connectivity index is 0.000000211. The second kappa shape index (κ2) is 7.93. The lowest BCUT2D eigenvalue weighted by molar-refractivity contribution is -0.171. The lowest BCUT2D eigenvalue weighted by Gasteiger charge is -2.19. The van der Waals surface area contributed by atoms with Crippen molar-refractivity contribution in [3.8, 4) is 0 Å². The summed E-state index contributed by atoms with van der Waals surface area (Å²) < 4.78 is 9.60. The first-order chi connectivity index (χ1) is 9.86. The van der Waals surface area contributed by atoms with Gasteiger partial charge in [-0.25, -0.2) is 4.79 Å². The zero-order valence-corrected chi connectivity index (χ0v) is 12.4. The molecule has 1 fully saturated rings. The van der Waals surface area contributed by atoms with Gasteiger partial charge in [-0.3, -0.25) is 0 Å². The number of benzene rings is 1. The molecule has 2 rings (SSSR count). The Morgan fingerprint density at radius 3 is 2.43 bits per heavy atom. The predicted molar refractivity (Wildman–Crippen MR) is 78.4 cm³/mol. The van der Waals surface area contributed by atoms with Crippen molar-refractivity contribution in [3.63, 3.8) is 0 Å². The summed E-state index contributed by atoms with van der Waals surface area (Å²) in [5, 5.41) is 18.7. The minimum atomic E-state index is -1.67. The minimum absolute atomic E-state index is 0.142. The van der Waals surface area contributed by atoms with E-state index in [9.17, 15) is 15.0 Å². The van der Waals surface area contributed by atoms with Gasteiger partial charge in [0.05, 0.1) is 6.61 Å². The molecule has 1 saturated heterocycles. The average molecular weight is 294 g/mol. The fourth-order valence-corrected chi connectivity index (χ4v) is 1.37. The molecule has 0 amide bonds. The molecule has 1 aliphatic rings. The Bertz CT molecular complexity index is 463. The molecule has 1 aromatic rings. The molecule has 0 spiro atoms. The smallest absolute Gasteiger partial charge is 0.333 e. The predicted octanol–water partition coefficient (Wildman–Crippen LogP) is 1.74. The fraction of sp³-hybridized carbons (Fsp3) is 0.438. The van der Waals surface area contributed by atoms with E-state index in [1.807, 2.05) is 6.07 Å². The molecule has 1 unspecified atom stereocenters. The molecular formula is C16H22O5. The van der Waals surface area contributed by atoms with Crippen LogP contribution in [-0.2, 0) is 20.1 Å². The molecule has 2 N–H and O–H groups in total. The van der Waals surface area contributed by atoms with Crippen molar-refractivity contribution < 1.29 is 24.5 Å². The van der Waals surface area contributed by atoms with E-state index in [1.165, 1.54) is 0 Å². The van der Waals surface area contributed by atoms with Crippen LogP contribution in [0.4, 0.5) is 0 Å². The maximum absolute atomic E-state index is 10.7. The third-order valence-electron chi connectivity index (χ3n) is 2.88. The summed E-state index contributed by atoms with van der Waals surface area (Å²) in [7, 11) is 0. The molecule has 0 radical (unpaired) electrons. The molecular weight excluding hydrogens is 272 g/mol. The molecule has 1 aliphatic heterocycles. The number of aliphatic hydroxyl groups is 2. The second-order valence-corrected chi connectivity index (χ2v) is 4.87. The Labute approximate surface area is 124 Å². The summed E-state index contributed by atoms with van der Waals surface area (Å²) in [5.41, 5.74) is 0.975. The van der Waals surface area contributed by atoms with E-state index in [0.29, 0.717) is 30.8 Å². The standard InChI is InChI=1S/C9H12O2.C7H10O3/c1-2-9(10,11)8-6-4-3-5-7-8;1-5(2)7(8)10-4-6-3-9-6/h3-7,10-11H,2H2,1H3;6H,1,3-4H2,2H3. The van der Waals surface area contributed by atoms with Crippen LogP contribution in [0.5, 0.6) is 0 Å². The maximum atomic E-state index is 10.7. The number of rotatable bonds is 5. The molecule has 116 valence electrons. The fourth-order valence-electron chi connectivity index (χ4n) is 1.37. The third-order valence-corrected chi connectivity index (χ3v) is 2.88. The summed E-state index contributed by atoms with van der Waals surface area (Å²) in [6.07, 6.45) is 0.445. The second-order valence-electron chi connectivity index (χ2n) is 4.87. The van der Waals surface area contributed by atoms with Crippen molar-refractivity contribution in [2.45, 2.75) is 32.2 Å². The van der Waals surface area contributed by atoms with Crippen LogP contribution < -0.4 is 0 Å². The molecule has 1 aromatic carbocycles. The highest BCUT2D eigenvalue weighted by Crippen LogP contribution is 2.20. The van der Waals surface area contributed by atoms with E-state index in [-0.39, 0.29) is 12.1 Å². The van der Waals surface area contributed by atoms with E-state index in [2.05, 4.69) is 6.58 Å². The Morgan fingerprint density at radius 1 is 1.43 bits per heavy atom. The Hall–Kier alpha value is -1.69. The highest BCUT2D eigenvalue weighted by Gasteiger charge is 2.24. The number of hydrogen-bond acceptors (Lipinski definition) is 5. The first-order valence-corrected chi connectivity index (χ1v) is 6.81. The van der Waals surface area contributed by atoms with E-state index < -0.39 is 5.79 Å². The highest BCUT2D eigenvalue weighted by molar-refractivity contribution is 5.86. The molecule has 1 atom stereocenters. The first kappa shape index (κ1) is 17.4. The number of hydrogen-bond donors (Lipinski definition) is 2. The van der Waals surface area contributed by atoms with Crippen LogP contribution in [0, 0.1) is 0 Å². The normalized spacial score (nSPS) is 16.5. The van der Waals surface area contributed by atoms with Crippen molar-refractivity contribution in [3.05, 3.63) is 48.0 Å². The van der Waals surface area contributed by atoms with Crippen LogP contribution >= 0.6 is 0 Å². The Morgan fingerprint density at radius 2 is 2.00 bits per heavy atom. The van der Waals surface area contributed by atoms with Crippen LogP contribution in [0.15, 0.2) is 42.5 Å². The van der Waals surface area contributed by atoms with E-state index in [1.54, 1.807) is 38.1 Å². The molecule has 0 saturated carbocycles. The monoisotopic (exact) mass is 294 g/mol. The Kier molecular flexibility index (Phi) is 6.55. The molecule has 0 bridgehead atoms. The number of epoxide rings is 1. The molecule has 0 aliphatic carbocycles. The van der Waals surface area contributed by atoms with Gasteiger partial charge >= 0.3 is 5.97 Å². The first-order valence-electron chi connectivity index (χ1n) is 6.81. The molecule has 21 heavy (non-hydrogen) atoms. The minimum Gasteiger partial charge on any atom is -0.459 e. The van der Waals surface area contributed by atoms with Crippen LogP contribution in [-0.4, -0.2) is 35.5 Å².